The molecule has 0 amide bonds. The molecule has 0 saturated carbocycles. The van der Waals surface area contributed by atoms with Gasteiger partial charge in [-0.1, -0.05) is 48.5 Å². The van der Waals surface area contributed by atoms with Crippen molar-refractivity contribution in [3.05, 3.63) is 90.1 Å². The van der Waals surface area contributed by atoms with Crippen LogP contribution in [0.5, 0.6) is 5.75 Å². The molecule has 0 atom stereocenters. The summed E-state index contributed by atoms with van der Waals surface area (Å²) < 4.78 is 6.51. The SMILES string of the molecule is COc1ccc(CNc2nc(-c3ccccn3)nn2C(=O)Cc2ccccc2)cc1. The Hall–Kier alpha value is -4.00. The molecule has 2 aromatic heterocycles. The predicted octanol–water partition coefficient (Wildman–Crippen LogP) is 3.84. The highest BCUT2D eigenvalue weighted by Crippen LogP contribution is 2.18. The standard InChI is InChI=1S/C23H21N5O2/c1-30-19-12-10-18(11-13-19)16-25-23-26-22(20-9-5-6-14-24-20)27-28(23)21(29)15-17-7-3-2-4-8-17/h2-14H,15-16H2,1H3,(H,25,26,27). The lowest BCUT2D eigenvalue weighted by Crippen LogP contribution is -2.18. The first-order valence-corrected chi connectivity index (χ1v) is 9.55. The molecule has 1 N–H and O–H groups in total. The van der Waals surface area contributed by atoms with E-state index in [4.69, 9.17) is 4.74 Å². The number of nitrogens with zero attached hydrogens (tertiary/aromatic N) is 4. The molecule has 0 spiro atoms. The monoisotopic (exact) mass is 399 g/mol. The minimum absolute atomic E-state index is 0.173. The highest BCUT2D eigenvalue weighted by Gasteiger charge is 2.18. The molecule has 7 nitrogen and oxygen atoms in total. The number of rotatable bonds is 7. The van der Waals surface area contributed by atoms with Gasteiger partial charge >= 0.3 is 0 Å². The van der Waals surface area contributed by atoms with E-state index in [1.54, 1.807) is 13.3 Å². The molecular weight excluding hydrogens is 378 g/mol. The molecule has 2 aromatic carbocycles. The van der Waals surface area contributed by atoms with Gasteiger partial charge in [0.1, 0.15) is 11.4 Å². The zero-order chi connectivity index (χ0) is 20.8. The Bertz CT molecular complexity index is 1110. The molecule has 30 heavy (non-hydrogen) atoms. The molecular formula is C23H21N5O2. The zero-order valence-corrected chi connectivity index (χ0v) is 16.5. The molecule has 2 heterocycles. The molecule has 0 radical (unpaired) electrons. The number of ether oxygens (including phenoxy) is 1. The quantitative estimate of drug-likeness (QED) is 0.508. The van der Waals surface area contributed by atoms with Crippen LogP contribution in [0.2, 0.25) is 0 Å². The van der Waals surface area contributed by atoms with Gasteiger partial charge in [-0.15, -0.1) is 5.10 Å². The summed E-state index contributed by atoms with van der Waals surface area (Å²) in [5.41, 5.74) is 2.55. The molecule has 0 saturated heterocycles. The minimum atomic E-state index is -0.173. The molecule has 150 valence electrons. The lowest BCUT2D eigenvalue weighted by Gasteiger charge is -2.08. The summed E-state index contributed by atoms with van der Waals surface area (Å²) in [6.45, 7) is 0.489. The van der Waals surface area contributed by atoms with Crippen molar-refractivity contribution in [1.29, 1.82) is 0 Å². The van der Waals surface area contributed by atoms with Gasteiger partial charge in [-0.3, -0.25) is 9.78 Å². The maximum atomic E-state index is 13.0. The van der Waals surface area contributed by atoms with Crippen LogP contribution in [0, 0.1) is 0 Å². The van der Waals surface area contributed by atoms with Crippen molar-refractivity contribution in [2.24, 2.45) is 0 Å². The van der Waals surface area contributed by atoms with E-state index < -0.39 is 0 Å². The van der Waals surface area contributed by atoms with E-state index in [0.717, 1.165) is 16.9 Å². The number of benzene rings is 2. The van der Waals surface area contributed by atoms with E-state index in [9.17, 15) is 4.79 Å². The number of carbonyl (C=O) groups excluding carboxylic acids is 1. The molecule has 7 heteroatoms. The van der Waals surface area contributed by atoms with E-state index in [1.165, 1.54) is 4.68 Å². The Kier molecular flexibility index (Phi) is 5.80. The van der Waals surface area contributed by atoms with Crippen LogP contribution >= 0.6 is 0 Å². The van der Waals surface area contributed by atoms with Crippen LogP contribution in [-0.2, 0) is 13.0 Å². The Morgan fingerprint density at radius 1 is 0.967 bits per heavy atom. The number of hydrogen-bond acceptors (Lipinski definition) is 6. The van der Waals surface area contributed by atoms with Crippen molar-refractivity contribution >= 4 is 11.9 Å². The average molecular weight is 399 g/mol. The summed E-state index contributed by atoms with van der Waals surface area (Å²) >= 11 is 0. The number of hydrogen-bond donors (Lipinski definition) is 1. The van der Waals surface area contributed by atoms with Crippen molar-refractivity contribution in [1.82, 2.24) is 19.7 Å². The van der Waals surface area contributed by atoms with Gasteiger partial charge in [-0.2, -0.15) is 9.67 Å². The summed E-state index contributed by atoms with van der Waals surface area (Å²) in [6.07, 6.45) is 1.90. The highest BCUT2D eigenvalue weighted by molar-refractivity contribution is 5.83. The third-order valence-electron chi connectivity index (χ3n) is 4.55. The average Bonchev–Trinajstić information content (AvgIpc) is 3.24. The summed E-state index contributed by atoms with van der Waals surface area (Å²) in [5.74, 6) is 1.40. The van der Waals surface area contributed by atoms with E-state index >= 15 is 0 Å². The van der Waals surface area contributed by atoms with Gasteiger partial charge < -0.3 is 10.1 Å². The first kappa shape index (κ1) is 19.3. The lowest BCUT2D eigenvalue weighted by molar-refractivity contribution is 0.0901. The first-order chi connectivity index (χ1) is 14.7. The molecule has 4 aromatic rings. The molecule has 0 aliphatic rings. The Morgan fingerprint density at radius 2 is 1.73 bits per heavy atom. The van der Waals surface area contributed by atoms with E-state index in [1.807, 2.05) is 72.8 Å². The third kappa shape index (κ3) is 4.52. The van der Waals surface area contributed by atoms with Gasteiger partial charge in [0.05, 0.1) is 13.5 Å². The number of methoxy groups -OCH3 is 1. The summed E-state index contributed by atoms with van der Waals surface area (Å²) in [7, 11) is 1.63. The Labute approximate surface area is 174 Å². The number of pyridine rings is 1. The van der Waals surface area contributed by atoms with Crippen molar-refractivity contribution in [2.45, 2.75) is 13.0 Å². The number of carbonyl (C=O) groups is 1. The second-order valence-corrected chi connectivity index (χ2v) is 6.64. The zero-order valence-electron chi connectivity index (χ0n) is 16.5. The molecule has 4 rings (SSSR count). The first-order valence-electron chi connectivity index (χ1n) is 9.55. The van der Waals surface area contributed by atoms with Crippen LogP contribution in [0.15, 0.2) is 79.0 Å². The molecule has 0 fully saturated rings. The van der Waals surface area contributed by atoms with E-state index in [2.05, 4.69) is 20.4 Å². The van der Waals surface area contributed by atoms with Crippen molar-refractivity contribution in [2.75, 3.05) is 12.4 Å². The van der Waals surface area contributed by atoms with Crippen LogP contribution in [0.4, 0.5) is 5.95 Å². The lowest BCUT2D eigenvalue weighted by atomic mass is 10.1. The third-order valence-corrected chi connectivity index (χ3v) is 4.55. The maximum absolute atomic E-state index is 13.0. The highest BCUT2D eigenvalue weighted by atomic mass is 16.5. The van der Waals surface area contributed by atoms with Gasteiger partial charge in [-0.05, 0) is 35.4 Å². The van der Waals surface area contributed by atoms with Crippen LogP contribution in [0.25, 0.3) is 11.5 Å². The van der Waals surface area contributed by atoms with Crippen LogP contribution < -0.4 is 10.1 Å². The fourth-order valence-electron chi connectivity index (χ4n) is 2.97. The number of nitrogens with one attached hydrogen (secondary N) is 1. The fraction of sp³-hybridized carbons (Fsp3) is 0.130. The second-order valence-electron chi connectivity index (χ2n) is 6.64. The molecule has 0 bridgehead atoms. The smallest absolute Gasteiger partial charge is 0.254 e. The van der Waals surface area contributed by atoms with Gasteiger partial charge in [0.25, 0.3) is 5.91 Å². The van der Waals surface area contributed by atoms with Gasteiger partial charge in [-0.25, -0.2) is 0 Å². The summed E-state index contributed by atoms with van der Waals surface area (Å²) in [5, 5.41) is 7.65. The van der Waals surface area contributed by atoms with Crippen molar-refractivity contribution < 1.29 is 9.53 Å². The maximum Gasteiger partial charge on any atom is 0.254 e. The molecule has 0 aliphatic heterocycles. The Balaban J connectivity index is 1.59. The van der Waals surface area contributed by atoms with Gasteiger partial charge in [0.2, 0.25) is 11.8 Å². The van der Waals surface area contributed by atoms with Crippen LogP contribution in [0.3, 0.4) is 0 Å². The number of aromatic nitrogens is 4. The van der Waals surface area contributed by atoms with Crippen molar-refractivity contribution in [3.63, 3.8) is 0 Å². The Morgan fingerprint density at radius 3 is 2.43 bits per heavy atom. The number of anilines is 1. The van der Waals surface area contributed by atoms with Gasteiger partial charge in [0, 0.05) is 12.7 Å². The predicted molar refractivity (Wildman–Crippen MR) is 114 cm³/mol. The largest absolute Gasteiger partial charge is 0.497 e. The fourth-order valence-corrected chi connectivity index (χ4v) is 2.97. The van der Waals surface area contributed by atoms with E-state index in [0.29, 0.717) is 24.0 Å². The van der Waals surface area contributed by atoms with Crippen LogP contribution in [0.1, 0.15) is 15.9 Å². The molecule has 0 aliphatic carbocycles. The van der Waals surface area contributed by atoms with E-state index in [-0.39, 0.29) is 12.3 Å². The minimum Gasteiger partial charge on any atom is -0.497 e. The topological polar surface area (TPSA) is 81.9 Å². The summed E-state index contributed by atoms with van der Waals surface area (Å²) in [4.78, 5) is 21.8. The molecule has 0 unspecified atom stereocenters. The van der Waals surface area contributed by atoms with Crippen LogP contribution in [-0.4, -0.2) is 32.8 Å². The summed E-state index contributed by atoms with van der Waals surface area (Å²) in [6, 6.07) is 22.8. The second kappa shape index (κ2) is 9.00. The normalized spacial score (nSPS) is 10.6. The van der Waals surface area contributed by atoms with Gasteiger partial charge in [0.15, 0.2) is 0 Å². The van der Waals surface area contributed by atoms with Crippen molar-refractivity contribution in [3.8, 4) is 17.3 Å².